The zero-order chi connectivity index (χ0) is 20.4. The number of hydrogen-bond donors (Lipinski definition) is 0. The van der Waals surface area contributed by atoms with Crippen LogP contribution in [0.25, 0.3) is 0 Å². The number of methoxy groups -OCH3 is 1. The number of carbonyl (C=O) groups is 2. The van der Waals surface area contributed by atoms with E-state index in [0.717, 1.165) is 24.2 Å². The smallest absolute Gasteiger partial charge is 0.233 e. The van der Waals surface area contributed by atoms with Crippen LogP contribution in [-0.2, 0) is 22.4 Å². The highest BCUT2D eigenvalue weighted by Crippen LogP contribution is 2.30. The van der Waals surface area contributed by atoms with Crippen molar-refractivity contribution in [3.63, 3.8) is 0 Å². The maximum absolute atomic E-state index is 12.5. The van der Waals surface area contributed by atoms with E-state index in [1.165, 1.54) is 0 Å². The summed E-state index contributed by atoms with van der Waals surface area (Å²) in [5.41, 5.74) is 0.933. The molecule has 2 fully saturated rings. The highest BCUT2D eigenvalue weighted by atomic mass is 16.5. The predicted molar refractivity (Wildman–Crippen MR) is 104 cm³/mol. The van der Waals surface area contributed by atoms with E-state index in [9.17, 15) is 9.59 Å². The molecule has 0 N–H and O–H groups in total. The van der Waals surface area contributed by atoms with Gasteiger partial charge in [-0.25, -0.2) is 0 Å². The molecule has 8 nitrogen and oxygen atoms in total. The molecule has 8 heteroatoms. The van der Waals surface area contributed by atoms with Crippen molar-refractivity contribution in [2.75, 3.05) is 33.8 Å². The molecular weight excluding hydrogens is 372 g/mol. The number of ether oxygens (including phenoxy) is 1. The quantitative estimate of drug-likeness (QED) is 0.672. The predicted octanol–water partition coefficient (Wildman–Crippen LogP) is 1.66. The summed E-state index contributed by atoms with van der Waals surface area (Å²) in [6.07, 6.45) is 2.93. The Balaban J connectivity index is 1.23. The van der Waals surface area contributed by atoms with Gasteiger partial charge in [0.25, 0.3) is 0 Å². The minimum absolute atomic E-state index is 0.0782. The number of hydrogen-bond acceptors (Lipinski definition) is 6. The van der Waals surface area contributed by atoms with Gasteiger partial charge in [-0.1, -0.05) is 17.3 Å². The van der Waals surface area contributed by atoms with E-state index in [-0.39, 0.29) is 23.7 Å². The summed E-state index contributed by atoms with van der Waals surface area (Å²) in [4.78, 5) is 32.4. The van der Waals surface area contributed by atoms with E-state index in [0.29, 0.717) is 44.2 Å². The van der Waals surface area contributed by atoms with E-state index < -0.39 is 0 Å². The molecule has 2 aliphatic rings. The van der Waals surface area contributed by atoms with E-state index in [1.54, 1.807) is 16.9 Å². The van der Waals surface area contributed by atoms with Crippen LogP contribution in [0.15, 0.2) is 28.8 Å². The summed E-state index contributed by atoms with van der Waals surface area (Å²) < 4.78 is 10.6. The third-order valence-corrected chi connectivity index (χ3v) is 5.53. The average molecular weight is 398 g/mol. The third-order valence-electron chi connectivity index (χ3n) is 5.53. The number of likely N-dealkylation sites (tertiary alicyclic amines) is 1. The Bertz CT molecular complexity index is 886. The molecular formula is C21H26N4O4. The van der Waals surface area contributed by atoms with Crippen LogP contribution in [0.2, 0.25) is 0 Å². The second-order valence-electron chi connectivity index (χ2n) is 7.86. The van der Waals surface area contributed by atoms with Crippen molar-refractivity contribution >= 4 is 11.8 Å². The highest BCUT2D eigenvalue weighted by Gasteiger charge is 2.35. The standard InChI is InChI=1S/C21H26N4O4/c1-24(21(27)15-6-7-15)9-8-18-22-20(29-23-18)16-12-25(13-16)19(26)11-14-4-3-5-17(10-14)28-2/h3-5,10,15-16H,6-9,11-13H2,1-2H3. The first-order valence-electron chi connectivity index (χ1n) is 10.0. The van der Waals surface area contributed by atoms with Crippen molar-refractivity contribution < 1.29 is 18.8 Å². The van der Waals surface area contributed by atoms with Gasteiger partial charge in [-0.05, 0) is 30.5 Å². The minimum Gasteiger partial charge on any atom is -0.497 e. The molecule has 0 bridgehead atoms. The van der Waals surface area contributed by atoms with Crippen LogP contribution in [0.3, 0.4) is 0 Å². The number of benzene rings is 1. The van der Waals surface area contributed by atoms with E-state index in [4.69, 9.17) is 9.26 Å². The lowest BCUT2D eigenvalue weighted by atomic mass is 9.98. The molecule has 2 aromatic rings. The monoisotopic (exact) mass is 398 g/mol. The number of likely N-dealkylation sites (N-methyl/N-ethyl adjacent to an activating group) is 1. The Morgan fingerprint density at radius 3 is 2.83 bits per heavy atom. The normalized spacial score (nSPS) is 16.4. The minimum atomic E-state index is 0.0782. The van der Waals surface area contributed by atoms with Crippen LogP contribution < -0.4 is 4.74 Å². The van der Waals surface area contributed by atoms with Gasteiger partial charge in [0.2, 0.25) is 17.7 Å². The van der Waals surface area contributed by atoms with Gasteiger partial charge in [0.1, 0.15) is 5.75 Å². The Morgan fingerprint density at radius 2 is 2.10 bits per heavy atom. The highest BCUT2D eigenvalue weighted by molar-refractivity contribution is 5.81. The molecule has 29 heavy (non-hydrogen) atoms. The van der Waals surface area contributed by atoms with E-state index in [1.807, 2.05) is 31.3 Å². The van der Waals surface area contributed by atoms with Crippen molar-refractivity contribution in [3.05, 3.63) is 41.5 Å². The zero-order valence-electron chi connectivity index (χ0n) is 16.8. The van der Waals surface area contributed by atoms with Crippen molar-refractivity contribution in [1.29, 1.82) is 0 Å². The summed E-state index contributed by atoms with van der Waals surface area (Å²) in [5.74, 6) is 2.51. The molecule has 2 heterocycles. The Hall–Kier alpha value is -2.90. The molecule has 1 saturated carbocycles. The van der Waals surface area contributed by atoms with Gasteiger partial charge in [-0.15, -0.1) is 0 Å². The fourth-order valence-corrected chi connectivity index (χ4v) is 3.46. The van der Waals surface area contributed by atoms with E-state index >= 15 is 0 Å². The summed E-state index contributed by atoms with van der Waals surface area (Å²) in [6, 6.07) is 7.55. The maximum Gasteiger partial charge on any atom is 0.233 e. The first-order valence-corrected chi connectivity index (χ1v) is 10.0. The summed E-state index contributed by atoms with van der Waals surface area (Å²) >= 11 is 0. The lowest BCUT2D eigenvalue weighted by Gasteiger charge is -2.37. The Kier molecular flexibility index (Phi) is 5.51. The SMILES string of the molecule is COc1cccc(CC(=O)N2CC(c3nc(CCN(C)C(=O)C4CC4)no3)C2)c1. The number of rotatable bonds is 8. The Morgan fingerprint density at radius 1 is 1.31 bits per heavy atom. The second kappa shape index (κ2) is 8.23. The van der Waals surface area contributed by atoms with Crippen molar-refractivity contribution in [2.24, 2.45) is 5.92 Å². The molecule has 0 spiro atoms. The number of aromatic nitrogens is 2. The average Bonchev–Trinajstić information content (AvgIpc) is 3.44. The molecule has 4 rings (SSSR count). The van der Waals surface area contributed by atoms with Gasteiger partial charge in [0.15, 0.2) is 5.82 Å². The number of nitrogens with zero attached hydrogens (tertiary/aromatic N) is 4. The lowest BCUT2D eigenvalue weighted by Crippen LogP contribution is -2.49. The van der Waals surface area contributed by atoms with Crippen LogP contribution >= 0.6 is 0 Å². The van der Waals surface area contributed by atoms with Gasteiger partial charge in [-0.3, -0.25) is 9.59 Å². The summed E-state index contributed by atoms with van der Waals surface area (Å²) in [5, 5.41) is 4.03. The molecule has 1 aliphatic carbocycles. The van der Waals surface area contributed by atoms with Crippen LogP contribution in [0.5, 0.6) is 5.75 Å². The van der Waals surface area contributed by atoms with E-state index in [2.05, 4.69) is 10.1 Å². The molecule has 1 saturated heterocycles. The molecule has 1 aromatic heterocycles. The van der Waals surface area contributed by atoms with Crippen molar-refractivity contribution in [2.45, 2.75) is 31.6 Å². The van der Waals surface area contributed by atoms with Gasteiger partial charge in [0, 0.05) is 39.0 Å². The Labute approximate surface area is 169 Å². The van der Waals surface area contributed by atoms with Gasteiger partial charge < -0.3 is 19.1 Å². The third kappa shape index (κ3) is 4.58. The zero-order valence-corrected chi connectivity index (χ0v) is 16.8. The van der Waals surface area contributed by atoms with Crippen LogP contribution in [0.1, 0.15) is 36.0 Å². The van der Waals surface area contributed by atoms with Crippen LogP contribution in [0, 0.1) is 5.92 Å². The van der Waals surface area contributed by atoms with Gasteiger partial charge in [0.05, 0.1) is 19.4 Å². The summed E-state index contributed by atoms with van der Waals surface area (Å²) in [6.45, 7) is 1.76. The maximum atomic E-state index is 12.5. The van der Waals surface area contributed by atoms with Crippen molar-refractivity contribution in [3.8, 4) is 5.75 Å². The van der Waals surface area contributed by atoms with Crippen molar-refractivity contribution in [1.82, 2.24) is 19.9 Å². The molecule has 0 atom stereocenters. The topological polar surface area (TPSA) is 88.8 Å². The van der Waals surface area contributed by atoms with Gasteiger partial charge >= 0.3 is 0 Å². The fourth-order valence-electron chi connectivity index (χ4n) is 3.46. The second-order valence-corrected chi connectivity index (χ2v) is 7.86. The molecule has 2 amide bonds. The molecule has 1 aromatic carbocycles. The lowest BCUT2D eigenvalue weighted by molar-refractivity contribution is -0.135. The first kappa shape index (κ1) is 19.4. The summed E-state index contributed by atoms with van der Waals surface area (Å²) in [7, 11) is 3.43. The van der Waals surface area contributed by atoms with Crippen LogP contribution in [0.4, 0.5) is 0 Å². The van der Waals surface area contributed by atoms with Crippen LogP contribution in [-0.4, -0.2) is 65.5 Å². The number of carbonyl (C=O) groups excluding carboxylic acids is 2. The fraction of sp³-hybridized carbons (Fsp3) is 0.524. The van der Waals surface area contributed by atoms with Gasteiger partial charge in [-0.2, -0.15) is 4.98 Å². The molecule has 0 radical (unpaired) electrons. The first-order chi connectivity index (χ1) is 14.0. The molecule has 0 unspecified atom stereocenters. The number of amides is 2. The molecule has 1 aliphatic heterocycles. The molecule has 154 valence electrons. The largest absolute Gasteiger partial charge is 0.497 e.